The summed E-state index contributed by atoms with van der Waals surface area (Å²) in [5.74, 6) is 7.59. The Morgan fingerprint density at radius 1 is 1.55 bits per heavy atom. The number of methoxy groups -OCH3 is 1. The van der Waals surface area contributed by atoms with E-state index in [0.29, 0.717) is 24.3 Å². The van der Waals surface area contributed by atoms with Crippen LogP contribution in [0.1, 0.15) is 18.7 Å². The number of piperidine rings is 1. The highest BCUT2D eigenvalue weighted by Crippen LogP contribution is 2.21. The minimum atomic E-state index is 0.376. The lowest BCUT2D eigenvalue weighted by Crippen LogP contribution is -2.45. The van der Waals surface area contributed by atoms with Crippen LogP contribution in [0.5, 0.6) is 0 Å². The molecule has 0 bridgehead atoms. The lowest BCUT2D eigenvalue weighted by Gasteiger charge is -2.36. The van der Waals surface area contributed by atoms with Gasteiger partial charge in [0.15, 0.2) is 5.82 Å². The fraction of sp³-hybridized carbons (Fsp3) is 0.692. The molecule has 0 aromatic carbocycles. The first-order valence-corrected chi connectivity index (χ1v) is 6.89. The quantitative estimate of drug-likeness (QED) is 0.598. The molecule has 7 nitrogen and oxygen atoms in total. The van der Waals surface area contributed by atoms with Crippen LogP contribution in [0.15, 0.2) is 6.07 Å². The van der Waals surface area contributed by atoms with Gasteiger partial charge in [-0.1, -0.05) is 0 Å². The molecule has 0 spiro atoms. The molecule has 1 saturated heterocycles. The van der Waals surface area contributed by atoms with Gasteiger partial charge in [0.2, 0.25) is 0 Å². The number of hydrazine groups is 1. The van der Waals surface area contributed by atoms with Crippen LogP contribution in [0.2, 0.25) is 0 Å². The van der Waals surface area contributed by atoms with Gasteiger partial charge in [0.25, 0.3) is 0 Å². The van der Waals surface area contributed by atoms with E-state index in [2.05, 4.69) is 39.3 Å². The Morgan fingerprint density at radius 3 is 3.00 bits per heavy atom. The molecule has 3 N–H and O–H groups in total. The number of nitrogens with two attached hydrogens (primary N) is 1. The molecule has 7 heteroatoms. The highest BCUT2D eigenvalue weighted by atomic mass is 16.5. The molecule has 1 aromatic rings. The number of hydrogen-bond donors (Lipinski definition) is 2. The van der Waals surface area contributed by atoms with Gasteiger partial charge in [-0.25, -0.2) is 15.8 Å². The number of hydrogen-bond acceptors (Lipinski definition) is 7. The summed E-state index contributed by atoms with van der Waals surface area (Å²) in [6.07, 6.45) is 2.39. The first-order chi connectivity index (χ1) is 9.63. The van der Waals surface area contributed by atoms with Crippen molar-refractivity contribution in [3.8, 4) is 0 Å². The number of rotatable bonds is 5. The number of anilines is 2. The smallest absolute Gasteiger partial charge is 0.158 e. The van der Waals surface area contributed by atoms with Crippen LogP contribution < -0.4 is 16.2 Å². The lowest BCUT2D eigenvalue weighted by molar-refractivity contribution is 0.178. The van der Waals surface area contributed by atoms with Crippen molar-refractivity contribution in [2.45, 2.75) is 25.5 Å². The Bertz CT molecular complexity index is 441. The maximum absolute atomic E-state index is 5.48. The second-order valence-corrected chi connectivity index (χ2v) is 5.27. The van der Waals surface area contributed by atoms with Gasteiger partial charge in [-0.15, -0.1) is 0 Å². The van der Waals surface area contributed by atoms with Crippen molar-refractivity contribution in [2.24, 2.45) is 5.84 Å². The van der Waals surface area contributed by atoms with E-state index in [1.165, 1.54) is 19.4 Å². The molecule has 2 rings (SSSR count). The summed E-state index contributed by atoms with van der Waals surface area (Å²) in [5, 5.41) is 0. The average molecular weight is 280 g/mol. The molecule has 0 saturated carbocycles. The molecule has 20 heavy (non-hydrogen) atoms. The van der Waals surface area contributed by atoms with E-state index in [-0.39, 0.29) is 0 Å². The Morgan fingerprint density at radius 2 is 2.35 bits per heavy atom. The largest absolute Gasteiger partial charge is 0.377 e. The Hall–Kier alpha value is -1.44. The van der Waals surface area contributed by atoms with Gasteiger partial charge < -0.3 is 20.0 Å². The summed E-state index contributed by atoms with van der Waals surface area (Å²) >= 11 is 0. The maximum atomic E-state index is 5.48. The molecule has 1 fully saturated rings. The number of nitrogens with one attached hydrogen (secondary N) is 1. The van der Waals surface area contributed by atoms with Crippen LogP contribution in [0.3, 0.4) is 0 Å². The number of likely N-dealkylation sites (tertiary alicyclic amines) is 1. The third kappa shape index (κ3) is 3.56. The van der Waals surface area contributed by atoms with Crippen molar-refractivity contribution in [2.75, 3.05) is 44.6 Å². The van der Waals surface area contributed by atoms with E-state index in [1.807, 2.05) is 6.07 Å². The van der Waals surface area contributed by atoms with Crippen molar-refractivity contribution in [3.63, 3.8) is 0 Å². The second-order valence-electron chi connectivity index (χ2n) is 5.27. The van der Waals surface area contributed by atoms with E-state index in [9.17, 15) is 0 Å². The molecule has 2 heterocycles. The van der Waals surface area contributed by atoms with E-state index in [4.69, 9.17) is 10.6 Å². The summed E-state index contributed by atoms with van der Waals surface area (Å²) in [6, 6.07) is 2.33. The number of ether oxygens (including phenoxy) is 1. The Balaban J connectivity index is 2.19. The molecular formula is C13H24N6O. The zero-order valence-corrected chi connectivity index (χ0v) is 12.5. The first-order valence-electron chi connectivity index (χ1n) is 6.89. The summed E-state index contributed by atoms with van der Waals surface area (Å²) in [5.41, 5.74) is 2.59. The van der Waals surface area contributed by atoms with E-state index in [0.717, 1.165) is 12.4 Å². The Kier molecular flexibility index (Phi) is 5.11. The fourth-order valence-electron chi connectivity index (χ4n) is 2.57. The third-order valence-electron chi connectivity index (χ3n) is 3.69. The molecule has 112 valence electrons. The molecule has 0 aliphatic carbocycles. The number of nitrogen functional groups attached to an aromatic ring is 1. The number of nitrogens with zero attached hydrogens (tertiary/aromatic N) is 4. The highest BCUT2D eigenvalue weighted by Gasteiger charge is 2.22. The van der Waals surface area contributed by atoms with Gasteiger partial charge in [0.05, 0.1) is 0 Å². The molecule has 1 aromatic heterocycles. The van der Waals surface area contributed by atoms with Gasteiger partial charge in [-0.05, 0) is 26.4 Å². The van der Waals surface area contributed by atoms with Crippen LogP contribution in [0.25, 0.3) is 0 Å². The predicted octanol–water partition coefficient (Wildman–Crippen LogP) is 0.439. The number of likely N-dealkylation sites (N-methyl/N-ethyl adjacent to an activating group) is 2. The van der Waals surface area contributed by atoms with Gasteiger partial charge >= 0.3 is 0 Å². The summed E-state index contributed by atoms with van der Waals surface area (Å²) in [6.45, 7) is 2.59. The molecule has 1 aliphatic heterocycles. The minimum Gasteiger partial charge on any atom is -0.377 e. The van der Waals surface area contributed by atoms with Crippen molar-refractivity contribution in [3.05, 3.63) is 11.9 Å². The molecule has 0 amide bonds. The van der Waals surface area contributed by atoms with Crippen LogP contribution in [0, 0.1) is 0 Å². The van der Waals surface area contributed by atoms with Crippen molar-refractivity contribution in [1.82, 2.24) is 14.9 Å². The normalized spacial score (nSPS) is 19.9. The summed E-state index contributed by atoms with van der Waals surface area (Å²) in [4.78, 5) is 13.4. The first kappa shape index (κ1) is 15.0. The SMILES string of the molecule is COCc1nc(NN)cc(N(C)C2CCCN(C)C2)n1. The maximum Gasteiger partial charge on any atom is 0.158 e. The molecule has 1 atom stereocenters. The monoisotopic (exact) mass is 280 g/mol. The van der Waals surface area contributed by atoms with E-state index >= 15 is 0 Å². The van der Waals surface area contributed by atoms with Crippen LogP contribution >= 0.6 is 0 Å². The lowest BCUT2D eigenvalue weighted by atomic mass is 10.1. The van der Waals surface area contributed by atoms with Gasteiger partial charge in [-0.3, -0.25) is 0 Å². The third-order valence-corrected chi connectivity index (χ3v) is 3.69. The summed E-state index contributed by atoms with van der Waals surface area (Å²) < 4.78 is 5.10. The van der Waals surface area contributed by atoms with Crippen LogP contribution in [-0.2, 0) is 11.3 Å². The fourth-order valence-corrected chi connectivity index (χ4v) is 2.57. The second kappa shape index (κ2) is 6.83. The van der Waals surface area contributed by atoms with Crippen LogP contribution in [-0.4, -0.2) is 55.2 Å². The minimum absolute atomic E-state index is 0.376. The van der Waals surface area contributed by atoms with Gasteiger partial charge in [-0.2, -0.15) is 0 Å². The van der Waals surface area contributed by atoms with Crippen molar-refractivity contribution in [1.29, 1.82) is 0 Å². The molecule has 1 unspecified atom stereocenters. The van der Waals surface area contributed by atoms with Crippen molar-refractivity contribution >= 4 is 11.6 Å². The van der Waals surface area contributed by atoms with Crippen molar-refractivity contribution < 1.29 is 4.74 Å². The standard InChI is InChI=1S/C13H24N6O/c1-18-6-4-5-10(8-18)19(2)13-7-11(17-14)15-12(16-13)9-20-3/h7,10H,4-6,8-9,14H2,1-3H3,(H,15,16,17). The van der Waals surface area contributed by atoms with Gasteiger partial charge in [0.1, 0.15) is 18.2 Å². The molecule has 0 radical (unpaired) electrons. The average Bonchev–Trinajstić information content (AvgIpc) is 2.46. The van der Waals surface area contributed by atoms with Crippen LogP contribution in [0.4, 0.5) is 11.6 Å². The topological polar surface area (TPSA) is 79.5 Å². The zero-order chi connectivity index (χ0) is 14.5. The highest BCUT2D eigenvalue weighted by molar-refractivity contribution is 5.49. The Labute approximate surface area is 120 Å². The zero-order valence-electron chi connectivity index (χ0n) is 12.5. The van der Waals surface area contributed by atoms with Gasteiger partial charge in [0, 0.05) is 32.8 Å². The van der Waals surface area contributed by atoms with E-state index in [1.54, 1.807) is 7.11 Å². The number of aromatic nitrogens is 2. The van der Waals surface area contributed by atoms with E-state index < -0.39 is 0 Å². The molecule has 1 aliphatic rings. The predicted molar refractivity (Wildman–Crippen MR) is 79.5 cm³/mol. The summed E-state index contributed by atoms with van der Waals surface area (Å²) in [7, 11) is 5.86. The molecular weight excluding hydrogens is 256 g/mol.